The number of nitrogens with one attached hydrogen (secondary N) is 2. The van der Waals surface area contributed by atoms with Crippen LogP contribution in [0.15, 0.2) is 29.2 Å². The Labute approximate surface area is 126 Å². The van der Waals surface area contributed by atoms with Crippen molar-refractivity contribution in [1.82, 2.24) is 4.72 Å². The number of hydrogen-bond donors (Lipinski definition) is 3. The number of para-hydroxylation sites is 1. The zero-order chi connectivity index (χ0) is 16.3. The predicted octanol–water partition coefficient (Wildman–Crippen LogP) is 1.30. The summed E-state index contributed by atoms with van der Waals surface area (Å²) < 4.78 is 27.1. The molecular weight excluding hydrogens is 290 g/mol. The lowest BCUT2D eigenvalue weighted by atomic mass is 9.93. The number of hydrogen-bond acceptors (Lipinski definition) is 4. The molecule has 0 bridgehead atoms. The van der Waals surface area contributed by atoms with Crippen LogP contribution in [0.2, 0.25) is 0 Å². The van der Waals surface area contributed by atoms with Crippen LogP contribution in [-0.4, -0.2) is 26.9 Å². The van der Waals surface area contributed by atoms with Gasteiger partial charge in [0.15, 0.2) is 0 Å². The lowest BCUT2D eigenvalue weighted by molar-refractivity contribution is -0.125. The van der Waals surface area contributed by atoms with Crippen molar-refractivity contribution in [1.29, 1.82) is 0 Å². The maximum absolute atomic E-state index is 12.3. The van der Waals surface area contributed by atoms with Crippen molar-refractivity contribution in [2.45, 2.75) is 38.6 Å². The van der Waals surface area contributed by atoms with Crippen molar-refractivity contribution < 1.29 is 13.2 Å². The second kappa shape index (κ2) is 6.44. The quantitative estimate of drug-likeness (QED) is 0.706. The Morgan fingerprint density at radius 3 is 2.38 bits per heavy atom. The first-order valence-electron chi connectivity index (χ1n) is 6.71. The SMILES string of the molecule is CC(C)NS(=O)(=O)c1ccccc1NCC(C)(C)C(N)=O. The number of carbonyl (C=O) groups excluding carboxylic acids is 1. The van der Waals surface area contributed by atoms with E-state index in [2.05, 4.69) is 10.0 Å². The Balaban J connectivity index is 3.03. The van der Waals surface area contributed by atoms with Crippen molar-refractivity contribution in [2.24, 2.45) is 11.1 Å². The lowest BCUT2D eigenvalue weighted by Crippen LogP contribution is -2.38. The van der Waals surface area contributed by atoms with E-state index in [4.69, 9.17) is 5.73 Å². The summed E-state index contributed by atoms with van der Waals surface area (Å²) in [6, 6.07) is 6.36. The minimum Gasteiger partial charge on any atom is -0.383 e. The smallest absolute Gasteiger partial charge is 0.242 e. The summed E-state index contributed by atoms with van der Waals surface area (Å²) in [5.41, 5.74) is 4.98. The molecule has 1 amide bonds. The number of carbonyl (C=O) groups is 1. The van der Waals surface area contributed by atoms with Gasteiger partial charge in [0.05, 0.1) is 11.1 Å². The van der Waals surface area contributed by atoms with Gasteiger partial charge in [-0.3, -0.25) is 4.79 Å². The Morgan fingerprint density at radius 2 is 1.86 bits per heavy atom. The largest absolute Gasteiger partial charge is 0.383 e. The maximum Gasteiger partial charge on any atom is 0.242 e. The minimum atomic E-state index is -3.61. The first kappa shape index (κ1) is 17.5. The lowest BCUT2D eigenvalue weighted by Gasteiger charge is -2.22. The van der Waals surface area contributed by atoms with E-state index in [1.165, 1.54) is 6.07 Å². The van der Waals surface area contributed by atoms with Gasteiger partial charge in [-0.2, -0.15) is 0 Å². The minimum absolute atomic E-state index is 0.152. The molecule has 0 aromatic heterocycles. The molecular formula is C14H23N3O3S. The summed E-state index contributed by atoms with van der Waals surface area (Å²) in [5.74, 6) is -0.448. The van der Waals surface area contributed by atoms with E-state index in [-0.39, 0.29) is 17.5 Å². The first-order valence-corrected chi connectivity index (χ1v) is 8.20. The molecule has 0 saturated heterocycles. The van der Waals surface area contributed by atoms with Gasteiger partial charge in [-0.15, -0.1) is 0 Å². The number of amides is 1. The molecule has 0 aliphatic rings. The molecule has 118 valence electrons. The fraction of sp³-hybridized carbons (Fsp3) is 0.500. The molecule has 6 nitrogen and oxygen atoms in total. The van der Waals surface area contributed by atoms with Gasteiger partial charge >= 0.3 is 0 Å². The molecule has 0 radical (unpaired) electrons. The summed E-state index contributed by atoms with van der Waals surface area (Å²) in [7, 11) is -3.61. The molecule has 4 N–H and O–H groups in total. The summed E-state index contributed by atoms with van der Waals surface area (Å²) in [5, 5.41) is 2.99. The molecule has 0 spiro atoms. The molecule has 0 aliphatic carbocycles. The van der Waals surface area contributed by atoms with Crippen LogP contribution in [0.4, 0.5) is 5.69 Å². The maximum atomic E-state index is 12.3. The van der Waals surface area contributed by atoms with Crippen molar-refractivity contribution in [3.63, 3.8) is 0 Å². The zero-order valence-electron chi connectivity index (χ0n) is 12.8. The summed E-state index contributed by atoms with van der Waals surface area (Å²) >= 11 is 0. The van der Waals surface area contributed by atoms with Gasteiger partial charge in [0.2, 0.25) is 15.9 Å². The highest BCUT2D eigenvalue weighted by molar-refractivity contribution is 7.89. The van der Waals surface area contributed by atoms with E-state index in [1.54, 1.807) is 45.9 Å². The third-order valence-electron chi connectivity index (χ3n) is 2.96. The van der Waals surface area contributed by atoms with E-state index in [9.17, 15) is 13.2 Å². The molecule has 0 fully saturated rings. The van der Waals surface area contributed by atoms with Crippen LogP contribution in [0, 0.1) is 5.41 Å². The average molecular weight is 313 g/mol. The summed E-state index contributed by atoms with van der Waals surface area (Å²) in [6.45, 7) is 7.15. The molecule has 0 saturated carbocycles. The van der Waals surface area contributed by atoms with E-state index in [0.29, 0.717) is 5.69 Å². The van der Waals surface area contributed by atoms with Crippen molar-refractivity contribution in [2.75, 3.05) is 11.9 Å². The fourth-order valence-electron chi connectivity index (χ4n) is 1.62. The van der Waals surface area contributed by atoms with Crippen LogP contribution < -0.4 is 15.8 Å². The van der Waals surface area contributed by atoms with Gasteiger partial charge in [0.1, 0.15) is 4.90 Å². The van der Waals surface area contributed by atoms with Gasteiger partial charge in [0.25, 0.3) is 0 Å². The molecule has 7 heteroatoms. The molecule has 1 aromatic carbocycles. The summed E-state index contributed by atoms with van der Waals surface area (Å²) in [4.78, 5) is 11.5. The summed E-state index contributed by atoms with van der Waals surface area (Å²) in [6.07, 6.45) is 0. The monoisotopic (exact) mass is 313 g/mol. The Hall–Kier alpha value is -1.60. The van der Waals surface area contributed by atoms with Gasteiger partial charge in [-0.25, -0.2) is 13.1 Å². The number of rotatable bonds is 7. The Morgan fingerprint density at radius 1 is 1.29 bits per heavy atom. The molecule has 0 aliphatic heterocycles. The molecule has 0 atom stereocenters. The van der Waals surface area contributed by atoms with Crippen LogP contribution in [0.3, 0.4) is 0 Å². The number of nitrogens with two attached hydrogens (primary N) is 1. The highest BCUT2D eigenvalue weighted by Gasteiger charge is 2.26. The van der Waals surface area contributed by atoms with Crippen LogP contribution in [0.1, 0.15) is 27.7 Å². The average Bonchev–Trinajstić information content (AvgIpc) is 2.35. The van der Waals surface area contributed by atoms with E-state index in [1.807, 2.05) is 0 Å². The first-order chi connectivity index (χ1) is 9.56. The second-order valence-electron chi connectivity index (χ2n) is 5.87. The third kappa shape index (κ3) is 4.71. The van der Waals surface area contributed by atoms with Gasteiger partial charge in [0, 0.05) is 12.6 Å². The highest BCUT2D eigenvalue weighted by Crippen LogP contribution is 2.23. The van der Waals surface area contributed by atoms with Crippen molar-refractivity contribution in [3.05, 3.63) is 24.3 Å². The molecule has 1 rings (SSSR count). The Bertz CT molecular complexity index is 610. The van der Waals surface area contributed by atoms with Crippen molar-refractivity contribution in [3.8, 4) is 0 Å². The van der Waals surface area contributed by atoms with E-state index in [0.717, 1.165) is 0 Å². The van der Waals surface area contributed by atoms with Gasteiger partial charge in [-0.1, -0.05) is 12.1 Å². The number of primary amides is 1. The third-order valence-corrected chi connectivity index (χ3v) is 4.67. The van der Waals surface area contributed by atoms with Gasteiger partial charge in [-0.05, 0) is 39.8 Å². The van der Waals surface area contributed by atoms with Crippen LogP contribution in [0.25, 0.3) is 0 Å². The topological polar surface area (TPSA) is 101 Å². The van der Waals surface area contributed by atoms with Crippen molar-refractivity contribution >= 4 is 21.6 Å². The van der Waals surface area contributed by atoms with Crippen LogP contribution >= 0.6 is 0 Å². The van der Waals surface area contributed by atoms with Crippen LogP contribution in [-0.2, 0) is 14.8 Å². The number of anilines is 1. The predicted molar refractivity (Wildman–Crippen MR) is 83.4 cm³/mol. The Kier molecular flexibility index (Phi) is 5.36. The molecule has 0 unspecified atom stereocenters. The van der Waals surface area contributed by atoms with Crippen LogP contribution in [0.5, 0.6) is 0 Å². The molecule has 21 heavy (non-hydrogen) atoms. The zero-order valence-corrected chi connectivity index (χ0v) is 13.6. The molecule has 0 heterocycles. The highest BCUT2D eigenvalue weighted by atomic mass is 32.2. The molecule has 1 aromatic rings. The normalized spacial score (nSPS) is 12.4. The van der Waals surface area contributed by atoms with E-state index < -0.39 is 21.3 Å². The fourth-order valence-corrected chi connectivity index (χ4v) is 3.06. The van der Waals surface area contributed by atoms with Gasteiger partial charge < -0.3 is 11.1 Å². The van der Waals surface area contributed by atoms with E-state index >= 15 is 0 Å². The second-order valence-corrected chi connectivity index (χ2v) is 7.56. The standard InChI is InChI=1S/C14H23N3O3S/c1-10(2)17-21(19,20)12-8-6-5-7-11(12)16-9-14(3,4)13(15)18/h5-8,10,16-17H,9H2,1-4H3,(H2,15,18). The number of sulfonamides is 1. The number of benzene rings is 1.